The fourth-order valence-electron chi connectivity index (χ4n) is 3.96. The molecule has 3 amide bonds. The van der Waals surface area contributed by atoms with Gasteiger partial charge in [0.15, 0.2) is 0 Å². The zero-order valence-electron chi connectivity index (χ0n) is 19.1. The third-order valence-electron chi connectivity index (χ3n) is 5.45. The van der Waals surface area contributed by atoms with Gasteiger partial charge in [-0.1, -0.05) is 30.3 Å². The Hall–Kier alpha value is -3.85. The molecule has 1 aliphatic rings. The van der Waals surface area contributed by atoms with Gasteiger partial charge in [-0.25, -0.2) is 13.2 Å². The van der Waals surface area contributed by atoms with Crippen LogP contribution in [0.1, 0.15) is 16.7 Å². The summed E-state index contributed by atoms with van der Waals surface area (Å²) in [5.74, 6) is 0.242. The van der Waals surface area contributed by atoms with Crippen molar-refractivity contribution in [2.75, 3.05) is 22.9 Å². The molecule has 0 saturated carbocycles. The summed E-state index contributed by atoms with van der Waals surface area (Å²) in [7, 11) is -2.59. The number of amides is 3. The third kappa shape index (κ3) is 4.47. The number of urea groups is 1. The lowest BCUT2D eigenvalue weighted by molar-refractivity contribution is -0.119. The van der Waals surface area contributed by atoms with Crippen LogP contribution >= 0.6 is 0 Å². The summed E-state index contributed by atoms with van der Waals surface area (Å²) in [6.07, 6.45) is 0. The van der Waals surface area contributed by atoms with Gasteiger partial charge in [0, 0.05) is 6.54 Å². The number of carbonyl (C=O) groups excluding carboxylic acids is 2. The molecular formula is C25H25N3O5S. The molecule has 3 aromatic carbocycles. The molecule has 176 valence electrons. The van der Waals surface area contributed by atoms with E-state index in [1.54, 1.807) is 43.5 Å². The topological polar surface area (TPSA) is 96.0 Å². The number of rotatable bonds is 6. The summed E-state index contributed by atoms with van der Waals surface area (Å²) >= 11 is 0. The van der Waals surface area contributed by atoms with Gasteiger partial charge in [0.1, 0.15) is 17.2 Å². The van der Waals surface area contributed by atoms with Gasteiger partial charge < -0.3 is 10.1 Å². The van der Waals surface area contributed by atoms with Gasteiger partial charge >= 0.3 is 6.03 Å². The van der Waals surface area contributed by atoms with Crippen molar-refractivity contribution in [1.29, 1.82) is 0 Å². The lowest BCUT2D eigenvalue weighted by Crippen LogP contribution is -2.53. The van der Waals surface area contributed by atoms with Crippen molar-refractivity contribution in [3.8, 4) is 5.75 Å². The molecule has 1 aliphatic heterocycles. The second-order valence-corrected chi connectivity index (χ2v) is 9.84. The maximum atomic E-state index is 13.5. The Balaban J connectivity index is 1.64. The molecule has 34 heavy (non-hydrogen) atoms. The first-order valence-electron chi connectivity index (χ1n) is 10.6. The summed E-state index contributed by atoms with van der Waals surface area (Å²) in [6, 6.07) is 17.8. The molecule has 1 N–H and O–H groups in total. The Labute approximate surface area is 198 Å². The first-order chi connectivity index (χ1) is 16.2. The Kier molecular flexibility index (Phi) is 6.30. The van der Waals surface area contributed by atoms with Gasteiger partial charge in [-0.2, -0.15) is 4.31 Å². The third-order valence-corrected chi connectivity index (χ3v) is 7.19. The summed E-state index contributed by atoms with van der Waals surface area (Å²) in [5.41, 5.74) is 2.87. The molecule has 0 spiro atoms. The first-order valence-corrected chi connectivity index (χ1v) is 12.1. The number of anilines is 2. The van der Waals surface area contributed by atoms with E-state index in [-0.39, 0.29) is 29.4 Å². The van der Waals surface area contributed by atoms with E-state index < -0.39 is 22.0 Å². The summed E-state index contributed by atoms with van der Waals surface area (Å²) in [6.45, 7) is 3.56. The minimum Gasteiger partial charge on any atom is -0.497 e. The maximum absolute atomic E-state index is 13.5. The molecule has 0 radical (unpaired) electrons. The maximum Gasteiger partial charge on any atom is 0.343 e. The lowest BCUT2D eigenvalue weighted by atomic mass is 10.1. The Morgan fingerprint density at radius 2 is 1.68 bits per heavy atom. The molecule has 0 aliphatic carbocycles. The summed E-state index contributed by atoms with van der Waals surface area (Å²) in [5, 5.41) is 2.79. The fourth-order valence-corrected chi connectivity index (χ4v) is 5.54. The smallest absolute Gasteiger partial charge is 0.343 e. The average molecular weight is 480 g/mol. The first kappa shape index (κ1) is 23.3. The monoisotopic (exact) mass is 479 g/mol. The van der Waals surface area contributed by atoms with Crippen LogP contribution in [0.25, 0.3) is 0 Å². The van der Waals surface area contributed by atoms with Gasteiger partial charge in [0.05, 0.1) is 18.5 Å². The normalized spacial score (nSPS) is 14.5. The van der Waals surface area contributed by atoms with Crippen LogP contribution in [0, 0.1) is 13.8 Å². The molecule has 0 aromatic heterocycles. The highest BCUT2D eigenvalue weighted by molar-refractivity contribution is 7.94. The second-order valence-electron chi connectivity index (χ2n) is 8.08. The molecule has 3 aromatic rings. The van der Waals surface area contributed by atoms with Crippen molar-refractivity contribution in [2.45, 2.75) is 25.3 Å². The number of nitrogens with zero attached hydrogens (tertiary/aromatic N) is 2. The predicted molar refractivity (Wildman–Crippen MR) is 130 cm³/mol. The quantitative estimate of drug-likeness (QED) is 0.581. The molecule has 0 fully saturated rings. The van der Waals surface area contributed by atoms with Crippen molar-refractivity contribution in [3.05, 3.63) is 83.4 Å². The molecule has 8 nitrogen and oxygen atoms in total. The number of hydrogen-bond donors (Lipinski definition) is 1. The molecule has 9 heteroatoms. The number of hydrogen-bond acceptors (Lipinski definition) is 5. The van der Waals surface area contributed by atoms with E-state index in [9.17, 15) is 18.0 Å². The van der Waals surface area contributed by atoms with Gasteiger partial charge in [0.25, 0.3) is 10.0 Å². The minimum atomic E-state index is -4.15. The number of ether oxygens (including phenoxy) is 1. The number of carbonyl (C=O) groups is 2. The number of benzene rings is 3. The number of nitrogens with one attached hydrogen (secondary N) is 1. The van der Waals surface area contributed by atoms with Crippen molar-refractivity contribution in [2.24, 2.45) is 0 Å². The van der Waals surface area contributed by atoms with E-state index >= 15 is 0 Å². The van der Waals surface area contributed by atoms with Crippen molar-refractivity contribution >= 4 is 33.3 Å². The summed E-state index contributed by atoms with van der Waals surface area (Å²) in [4.78, 5) is 27.5. The highest BCUT2D eigenvalue weighted by atomic mass is 32.2. The standard InChI is InChI=1S/C25H25N3O5S/c1-17-11-18(2)13-20(12-17)28-25(30)27(22-9-4-5-10-23(22)34(28,31)32)16-24(29)26-15-19-7-6-8-21(14-19)33-3/h4-14H,15-16H2,1-3H3,(H,26,29). The number of sulfonamides is 1. The predicted octanol–water partition coefficient (Wildman–Crippen LogP) is 3.76. The molecule has 4 rings (SSSR count). The van der Waals surface area contributed by atoms with E-state index in [0.29, 0.717) is 5.75 Å². The van der Waals surface area contributed by atoms with E-state index in [2.05, 4.69) is 5.32 Å². The highest BCUT2D eigenvalue weighted by Gasteiger charge is 2.43. The lowest BCUT2D eigenvalue weighted by Gasteiger charge is -2.36. The molecule has 1 heterocycles. The van der Waals surface area contributed by atoms with Gasteiger partial charge in [0.2, 0.25) is 5.91 Å². The zero-order chi connectivity index (χ0) is 24.5. The molecule has 0 saturated heterocycles. The second kappa shape index (κ2) is 9.18. The van der Waals surface area contributed by atoms with Crippen LogP contribution in [0.3, 0.4) is 0 Å². The number of para-hydroxylation sites is 1. The van der Waals surface area contributed by atoms with Crippen molar-refractivity contribution in [1.82, 2.24) is 5.32 Å². The summed E-state index contributed by atoms with van der Waals surface area (Å²) < 4.78 is 32.8. The number of fused-ring (bicyclic) bond motifs is 1. The zero-order valence-corrected chi connectivity index (χ0v) is 19.9. The van der Waals surface area contributed by atoms with Crippen LogP contribution in [-0.2, 0) is 21.4 Å². The van der Waals surface area contributed by atoms with Crippen LogP contribution in [0.2, 0.25) is 0 Å². The van der Waals surface area contributed by atoms with Crippen LogP contribution in [0.4, 0.5) is 16.2 Å². The minimum absolute atomic E-state index is 0.0330. The Morgan fingerprint density at radius 3 is 2.38 bits per heavy atom. The highest BCUT2D eigenvalue weighted by Crippen LogP contribution is 2.37. The van der Waals surface area contributed by atoms with Crippen LogP contribution < -0.4 is 19.3 Å². The van der Waals surface area contributed by atoms with Crippen LogP contribution in [0.15, 0.2) is 71.6 Å². The molecule has 0 bridgehead atoms. The van der Waals surface area contributed by atoms with Crippen molar-refractivity contribution in [3.63, 3.8) is 0 Å². The molecule has 0 unspecified atom stereocenters. The van der Waals surface area contributed by atoms with Crippen molar-refractivity contribution < 1.29 is 22.7 Å². The van der Waals surface area contributed by atoms with Gasteiger partial charge in [-0.05, 0) is 66.9 Å². The van der Waals surface area contributed by atoms with Crippen LogP contribution in [0.5, 0.6) is 5.75 Å². The molecule has 0 atom stereocenters. The van der Waals surface area contributed by atoms with E-state index in [1.165, 1.54) is 17.0 Å². The van der Waals surface area contributed by atoms with E-state index in [0.717, 1.165) is 21.0 Å². The number of methoxy groups -OCH3 is 1. The SMILES string of the molecule is COc1cccc(CNC(=O)CN2C(=O)N(c3cc(C)cc(C)c3)S(=O)(=O)c3ccccc32)c1. The van der Waals surface area contributed by atoms with E-state index in [4.69, 9.17) is 4.74 Å². The largest absolute Gasteiger partial charge is 0.497 e. The fraction of sp³-hybridized carbons (Fsp3) is 0.200. The Morgan fingerprint density at radius 1 is 0.971 bits per heavy atom. The number of aryl methyl sites for hydroxylation is 2. The van der Waals surface area contributed by atoms with Gasteiger partial charge in [-0.15, -0.1) is 0 Å². The Bertz CT molecular complexity index is 1350. The molecular weight excluding hydrogens is 454 g/mol. The van der Waals surface area contributed by atoms with Gasteiger partial charge in [-0.3, -0.25) is 9.69 Å². The average Bonchev–Trinajstić information content (AvgIpc) is 2.80. The van der Waals surface area contributed by atoms with E-state index in [1.807, 2.05) is 32.0 Å². The van der Waals surface area contributed by atoms with Crippen LogP contribution in [-0.4, -0.2) is 34.0 Å².